The van der Waals surface area contributed by atoms with Gasteiger partial charge in [0.05, 0.1) is 13.2 Å². The monoisotopic (exact) mass is 450 g/mol. The Morgan fingerprint density at radius 2 is 1.73 bits per heavy atom. The molecule has 0 saturated heterocycles. The summed E-state index contributed by atoms with van der Waals surface area (Å²) in [6.07, 6.45) is 11.5. The first-order valence-electron chi connectivity index (χ1n) is 10.3. The predicted molar refractivity (Wildman–Crippen MR) is 105 cm³/mol. The van der Waals surface area contributed by atoms with E-state index in [1.165, 1.54) is 79.6 Å². The smallest absolute Gasteiger partial charge is 0 e. The summed E-state index contributed by atoms with van der Waals surface area (Å²) < 4.78 is 34.9. The fraction of sp³-hybridized carbons (Fsp3) is 0.625. The van der Waals surface area contributed by atoms with E-state index in [1.807, 2.05) is 0 Å². The Labute approximate surface area is 191 Å². The van der Waals surface area contributed by atoms with E-state index in [1.54, 1.807) is 0 Å². The molecule has 1 saturated carbocycles. The van der Waals surface area contributed by atoms with Crippen molar-refractivity contribution in [3.63, 3.8) is 0 Å². The molecule has 2 atom stereocenters. The molecule has 0 amide bonds. The van der Waals surface area contributed by atoms with Crippen molar-refractivity contribution in [2.45, 2.75) is 77.0 Å². The molecule has 1 aromatic carbocycles. The van der Waals surface area contributed by atoms with E-state index in [4.69, 9.17) is 23.4 Å². The van der Waals surface area contributed by atoms with Crippen LogP contribution in [0.5, 0.6) is 11.5 Å². The maximum Gasteiger partial charge on any atom is 0 e. The first kappa shape index (κ1) is 28.6. The minimum atomic E-state index is 0. The van der Waals surface area contributed by atoms with Gasteiger partial charge in [-0.05, 0) is 74.8 Å². The Morgan fingerprint density at radius 1 is 1.03 bits per heavy atom. The molecule has 5 nitrogen and oxygen atoms in total. The number of hydrogen-bond donors (Lipinski definition) is 0. The third kappa shape index (κ3) is 5.83. The molecular weight excluding hydrogens is 420 g/mol. The van der Waals surface area contributed by atoms with Crippen LogP contribution in [-0.4, -0.2) is 13.2 Å². The number of rotatable bonds is 2. The van der Waals surface area contributed by atoms with Crippen molar-refractivity contribution in [1.82, 2.24) is 0 Å². The van der Waals surface area contributed by atoms with Crippen LogP contribution in [-0.2, 0) is 49.6 Å². The Bertz CT molecular complexity index is 710. The topological polar surface area (TPSA) is 78.2 Å². The third-order valence-corrected chi connectivity index (χ3v) is 6.52. The molecular formula is C24H30CrO5. The number of benzene rings is 1. The van der Waals surface area contributed by atoms with Gasteiger partial charge in [0.1, 0.15) is 11.5 Å². The van der Waals surface area contributed by atoms with Crippen molar-refractivity contribution in [2.24, 2.45) is 5.92 Å². The summed E-state index contributed by atoms with van der Waals surface area (Å²) in [6.45, 7) is 19.7. The fourth-order valence-corrected chi connectivity index (χ4v) is 5.36. The molecule has 3 aliphatic rings. The average molecular weight is 450 g/mol. The zero-order valence-corrected chi connectivity index (χ0v) is 19.2. The summed E-state index contributed by atoms with van der Waals surface area (Å²) in [7, 11) is 0. The standard InChI is InChI=1S/C21H30O2.3CO.Cr/c1-3-22-18-14-15-8-5-7-13-23-20(15)17-11-10-16-9-4-6-12-21(16,2)19(17)18;3*1-2;/h14,16H,3-13H2,1-2H3;;;;/t16-,21+;;;;/m0..../s1. The second kappa shape index (κ2) is 14.6. The van der Waals surface area contributed by atoms with E-state index in [2.05, 4.69) is 39.9 Å². The number of aryl methyl sites for hydroxylation is 1. The average Bonchev–Trinajstić information content (AvgIpc) is 3.03. The van der Waals surface area contributed by atoms with Crippen molar-refractivity contribution in [2.75, 3.05) is 13.2 Å². The number of hydrogen-bond acceptors (Lipinski definition) is 2. The van der Waals surface area contributed by atoms with Gasteiger partial charge in [-0.25, -0.2) is 0 Å². The van der Waals surface area contributed by atoms with Crippen LogP contribution >= 0.6 is 0 Å². The quantitative estimate of drug-likeness (QED) is 0.465. The van der Waals surface area contributed by atoms with Crippen molar-refractivity contribution in [3.8, 4) is 11.5 Å². The van der Waals surface area contributed by atoms with Gasteiger partial charge in [-0.15, -0.1) is 0 Å². The zero-order valence-electron chi connectivity index (χ0n) is 17.9. The van der Waals surface area contributed by atoms with Crippen LogP contribution in [0.2, 0.25) is 0 Å². The van der Waals surface area contributed by atoms with Crippen molar-refractivity contribution >= 4 is 0 Å². The molecule has 4 rings (SSSR count). The zero-order chi connectivity index (χ0) is 21.9. The van der Waals surface area contributed by atoms with Gasteiger partial charge in [-0.1, -0.05) is 19.8 Å². The second-order valence-corrected chi connectivity index (χ2v) is 7.85. The van der Waals surface area contributed by atoms with Gasteiger partial charge in [0.15, 0.2) is 0 Å². The van der Waals surface area contributed by atoms with Gasteiger partial charge < -0.3 is 9.47 Å². The molecule has 0 bridgehead atoms. The Balaban J connectivity index is 0.00000111. The van der Waals surface area contributed by atoms with E-state index in [0.29, 0.717) is 5.41 Å². The van der Waals surface area contributed by atoms with Crippen molar-refractivity contribution < 1.29 is 40.8 Å². The molecule has 1 heterocycles. The van der Waals surface area contributed by atoms with Crippen LogP contribution in [0.4, 0.5) is 0 Å². The van der Waals surface area contributed by atoms with Gasteiger partial charge >= 0.3 is 33.9 Å². The summed E-state index contributed by atoms with van der Waals surface area (Å²) in [5, 5.41) is 0. The molecule has 162 valence electrons. The van der Waals surface area contributed by atoms with Gasteiger partial charge in [-0.3, -0.25) is 0 Å². The van der Waals surface area contributed by atoms with Crippen LogP contribution in [0.25, 0.3) is 0 Å². The number of fused-ring (bicyclic) bond motifs is 5. The van der Waals surface area contributed by atoms with E-state index in [-0.39, 0.29) is 17.4 Å². The molecule has 0 unspecified atom stereocenters. The molecule has 1 fully saturated rings. The molecule has 0 radical (unpaired) electrons. The summed E-state index contributed by atoms with van der Waals surface area (Å²) in [5.41, 5.74) is 4.69. The van der Waals surface area contributed by atoms with E-state index >= 15 is 0 Å². The van der Waals surface area contributed by atoms with Crippen LogP contribution < -0.4 is 9.47 Å². The minimum absolute atomic E-state index is 0. The summed E-state index contributed by atoms with van der Waals surface area (Å²) in [4.78, 5) is 0. The van der Waals surface area contributed by atoms with Crippen molar-refractivity contribution in [3.05, 3.63) is 42.7 Å². The normalized spacial score (nSPS) is 22.9. The first-order valence-corrected chi connectivity index (χ1v) is 10.3. The van der Waals surface area contributed by atoms with Gasteiger partial charge in [0, 0.05) is 28.5 Å². The molecule has 2 aliphatic carbocycles. The Hall–Kier alpha value is -1.43. The van der Waals surface area contributed by atoms with Gasteiger partial charge in [0.25, 0.3) is 0 Å². The molecule has 30 heavy (non-hydrogen) atoms. The molecule has 0 aromatic heterocycles. The molecule has 6 heteroatoms. The first-order chi connectivity index (χ1) is 14.2. The van der Waals surface area contributed by atoms with Crippen LogP contribution in [0.1, 0.15) is 75.5 Å². The van der Waals surface area contributed by atoms with Gasteiger partial charge in [0.2, 0.25) is 0 Å². The maximum absolute atomic E-state index is 7.50. The van der Waals surface area contributed by atoms with E-state index in [0.717, 1.165) is 25.6 Å². The SMILES string of the molecule is CCOc1cc2c(c3c1[C@]1(C)CCCC[C@H]1CC3)OCCCC2.[C-]#[O+].[C-]#[O+].[C-]#[O+].[Cr]. The molecule has 0 spiro atoms. The van der Waals surface area contributed by atoms with Gasteiger partial charge in [-0.2, -0.15) is 0 Å². The molecule has 1 aliphatic heterocycles. The second-order valence-electron chi connectivity index (χ2n) is 7.85. The Kier molecular flexibility index (Phi) is 13.9. The molecule has 1 aromatic rings. The van der Waals surface area contributed by atoms with Crippen LogP contribution in [0, 0.1) is 25.9 Å². The van der Waals surface area contributed by atoms with E-state index in [9.17, 15) is 0 Å². The summed E-state index contributed by atoms with van der Waals surface area (Å²) >= 11 is 0. The Morgan fingerprint density at radius 3 is 2.40 bits per heavy atom. The van der Waals surface area contributed by atoms with Crippen molar-refractivity contribution in [1.29, 1.82) is 0 Å². The maximum atomic E-state index is 7.50. The largest absolute Gasteiger partial charge is 0 e. The predicted octanol–water partition coefficient (Wildman–Crippen LogP) is 5.08. The van der Waals surface area contributed by atoms with Crippen LogP contribution in [0.15, 0.2) is 6.07 Å². The van der Waals surface area contributed by atoms with Crippen LogP contribution in [0.3, 0.4) is 0 Å². The third-order valence-electron chi connectivity index (χ3n) is 6.52. The van der Waals surface area contributed by atoms with E-state index < -0.39 is 0 Å². The minimum Gasteiger partial charge on any atom is 0 e. The summed E-state index contributed by atoms with van der Waals surface area (Å²) in [5.74, 6) is 3.22. The summed E-state index contributed by atoms with van der Waals surface area (Å²) in [6, 6.07) is 2.32. The molecule has 0 N–H and O–H groups in total. The number of ether oxygens (including phenoxy) is 2. The fourth-order valence-electron chi connectivity index (χ4n) is 5.36.